The van der Waals surface area contributed by atoms with Gasteiger partial charge in [-0.25, -0.2) is 0 Å². The van der Waals surface area contributed by atoms with Gasteiger partial charge in [-0.1, -0.05) is 127 Å². The van der Waals surface area contributed by atoms with Crippen LogP contribution in [0.5, 0.6) is 0 Å². The van der Waals surface area contributed by atoms with Gasteiger partial charge in [-0.15, -0.1) is 0 Å². The highest BCUT2D eigenvalue weighted by Gasteiger charge is 2.32. The molecule has 45 heavy (non-hydrogen) atoms. The summed E-state index contributed by atoms with van der Waals surface area (Å²) in [6, 6.07) is 60.2. The summed E-state index contributed by atoms with van der Waals surface area (Å²) in [6.07, 6.45) is 7.93. The number of hydrogen-bond donors (Lipinski definition) is 0. The Hall–Kier alpha value is -5.60. The zero-order chi connectivity index (χ0) is 30.5. The SMILES string of the molecule is CC1(N(c2ccccc2)c2ccccc2)C=CC(c2ccc(-c3ccc(N(c4ccccc4)c4ccccc4)cc3)cc2)=CC1. The molecular formula is C43H36N2. The van der Waals surface area contributed by atoms with Crippen molar-refractivity contribution in [1.82, 2.24) is 0 Å². The van der Waals surface area contributed by atoms with Crippen LogP contribution in [0.2, 0.25) is 0 Å². The Balaban J connectivity index is 1.11. The van der Waals surface area contributed by atoms with Crippen LogP contribution in [0.4, 0.5) is 28.4 Å². The van der Waals surface area contributed by atoms with E-state index in [0.29, 0.717) is 0 Å². The van der Waals surface area contributed by atoms with Crippen molar-refractivity contribution in [2.24, 2.45) is 0 Å². The molecule has 0 heterocycles. The molecule has 0 bridgehead atoms. The maximum absolute atomic E-state index is 2.44. The maximum atomic E-state index is 2.44. The van der Waals surface area contributed by atoms with Gasteiger partial charge in [0.25, 0.3) is 0 Å². The molecule has 1 aliphatic rings. The molecule has 2 heteroatoms. The summed E-state index contributed by atoms with van der Waals surface area (Å²) in [5, 5.41) is 0. The minimum atomic E-state index is -0.179. The summed E-state index contributed by atoms with van der Waals surface area (Å²) in [5.74, 6) is 0. The molecule has 0 saturated carbocycles. The van der Waals surface area contributed by atoms with Crippen LogP contribution in [0, 0.1) is 0 Å². The van der Waals surface area contributed by atoms with E-state index in [0.717, 1.165) is 23.5 Å². The average Bonchev–Trinajstić information content (AvgIpc) is 3.11. The zero-order valence-electron chi connectivity index (χ0n) is 25.5. The molecule has 0 fully saturated rings. The molecule has 2 nitrogen and oxygen atoms in total. The first-order valence-electron chi connectivity index (χ1n) is 15.6. The third-order valence-electron chi connectivity index (χ3n) is 8.60. The Morgan fingerprint density at radius 3 is 1.22 bits per heavy atom. The topological polar surface area (TPSA) is 6.48 Å². The number of rotatable bonds is 8. The zero-order valence-corrected chi connectivity index (χ0v) is 25.5. The number of anilines is 5. The van der Waals surface area contributed by atoms with Crippen LogP contribution < -0.4 is 9.80 Å². The van der Waals surface area contributed by atoms with E-state index in [1.54, 1.807) is 0 Å². The molecule has 1 aliphatic carbocycles. The van der Waals surface area contributed by atoms with Gasteiger partial charge in [0.05, 0.1) is 5.54 Å². The number of para-hydroxylation sites is 4. The maximum Gasteiger partial charge on any atom is 0.0643 e. The van der Waals surface area contributed by atoms with E-state index < -0.39 is 0 Å². The van der Waals surface area contributed by atoms with E-state index in [9.17, 15) is 0 Å². The van der Waals surface area contributed by atoms with Crippen molar-refractivity contribution in [2.45, 2.75) is 18.9 Å². The molecular weight excluding hydrogens is 544 g/mol. The van der Waals surface area contributed by atoms with Gasteiger partial charge in [0.2, 0.25) is 0 Å². The Labute approximate surface area is 266 Å². The number of hydrogen-bond acceptors (Lipinski definition) is 2. The van der Waals surface area contributed by atoms with Crippen LogP contribution >= 0.6 is 0 Å². The summed E-state index contributed by atoms with van der Waals surface area (Å²) < 4.78 is 0. The average molecular weight is 581 g/mol. The number of nitrogens with zero attached hydrogens (tertiary/aromatic N) is 2. The van der Waals surface area contributed by atoms with Crippen LogP contribution in [-0.2, 0) is 0 Å². The fourth-order valence-electron chi connectivity index (χ4n) is 6.25. The first kappa shape index (κ1) is 28.2. The summed E-state index contributed by atoms with van der Waals surface area (Å²) in [5.41, 5.74) is 10.5. The smallest absolute Gasteiger partial charge is 0.0643 e. The molecule has 0 radical (unpaired) electrons. The van der Waals surface area contributed by atoms with Crippen molar-refractivity contribution < 1.29 is 0 Å². The normalized spacial score (nSPS) is 15.7. The standard InChI is InChI=1S/C43H36N2/c1-43(45(41-18-10-4-11-19-41)42-20-12-5-13-21-42)32-30-37(31-33-43)35-24-22-34(23-25-35)36-26-28-40(29-27-36)44(38-14-6-2-7-15-38)39-16-8-3-9-17-39/h2-32H,33H2,1H3. The summed E-state index contributed by atoms with van der Waals surface area (Å²) in [4.78, 5) is 4.74. The highest BCUT2D eigenvalue weighted by atomic mass is 15.2. The van der Waals surface area contributed by atoms with E-state index in [4.69, 9.17) is 0 Å². The van der Waals surface area contributed by atoms with Gasteiger partial charge in [0.1, 0.15) is 0 Å². The molecule has 0 amide bonds. The van der Waals surface area contributed by atoms with E-state index in [-0.39, 0.29) is 5.54 Å². The molecule has 0 N–H and O–H groups in total. The monoisotopic (exact) mass is 580 g/mol. The molecule has 0 aliphatic heterocycles. The van der Waals surface area contributed by atoms with Gasteiger partial charge < -0.3 is 9.80 Å². The van der Waals surface area contributed by atoms with Crippen LogP contribution in [0.1, 0.15) is 18.9 Å². The minimum absolute atomic E-state index is 0.179. The lowest BCUT2D eigenvalue weighted by atomic mass is 9.85. The highest BCUT2D eigenvalue weighted by Crippen LogP contribution is 2.40. The lowest BCUT2D eigenvalue weighted by molar-refractivity contribution is 0.571. The van der Waals surface area contributed by atoms with Crippen molar-refractivity contribution in [3.8, 4) is 11.1 Å². The third kappa shape index (κ3) is 5.96. The third-order valence-corrected chi connectivity index (χ3v) is 8.60. The largest absolute Gasteiger partial charge is 0.332 e. The second-order valence-electron chi connectivity index (χ2n) is 11.7. The van der Waals surface area contributed by atoms with Crippen molar-refractivity contribution in [2.75, 3.05) is 9.80 Å². The lowest BCUT2D eigenvalue weighted by Crippen LogP contribution is -2.42. The minimum Gasteiger partial charge on any atom is -0.332 e. The Kier molecular flexibility index (Phi) is 7.87. The van der Waals surface area contributed by atoms with E-state index >= 15 is 0 Å². The second kappa shape index (κ2) is 12.6. The molecule has 1 unspecified atom stereocenters. The first-order chi connectivity index (χ1) is 22.2. The predicted molar refractivity (Wildman–Crippen MR) is 192 cm³/mol. The van der Waals surface area contributed by atoms with Crippen molar-refractivity contribution in [1.29, 1.82) is 0 Å². The van der Waals surface area contributed by atoms with Gasteiger partial charge in [0, 0.05) is 28.4 Å². The first-order valence-corrected chi connectivity index (χ1v) is 15.6. The number of allylic oxidation sites excluding steroid dienone is 2. The molecule has 0 spiro atoms. The van der Waals surface area contributed by atoms with Gasteiger partial charge in [-0.05, 0) is 96.3 Å². The summed E-state index contributed by atoms with van der Waals surface area (Å²) in [6.45, 7) is 2.32. The Morgan fingerprint density at radius 1 is 0.422 bits per heavy atom. The van der Waals surface area contributed by atoms with E-state index in [2.05, 4.69) is 205 Å². The summed E-state index contributed by atoms with van der Waals surface area (Å²) in [7, 11) is 0. The molecule has 0 aromatic heterocycles. The number of benzene rings is 6. The van der Waals surface area contributed by atoms with E-state index in [1.165, 1.54) is 33.6 Å². The van der Waals surface area contributed by atoms with Crippen LogP contribution in [0.25, 0.3) is 16.7 Å². The van der Waals surface area contributed by atoms with Gasteiger partial charge in [0.15, 0.2) is 0 Å². The van der Waals surface area contributed by atoms with Gasteiger partial charge >= 0.3 is 0 Å². The molecule has 7 rings (SSSR count). The molecule has 0 saturated heterocycles. The highest BCUT2D eigenvalue weighted by molar-refractivity contribution is 5.81. The van der Waals surface area contributed by atoms with Crippen molar-refractivity contribution >= 4 is 34.0 Å². The fourth-order valence-corrected chi connectivity index (χ4v) is 6.25. The van der Waals surface area contributed by atoms with E-state index in [1.807, 2.05) is 0 Å². The predicted octanol–water partition coefficient (Wildman–Crippen LogP) is 11.8. The van der Waals surface area contributed by atoms with Crippen LogP contribution in [-0.4, -0.2) is 5.54 Å². The van der Waals surface area contributed by atoms with Crippen LogP contribution in [0.3, 0.4) is 0 Å². The Bertz CT molecular complexity index is 1820. The second-order valence-corrected chi connectivity index (χ2v) is 11.7. The molecule has 6 aromatic rings. The van der Waals surface area contributed by atoms with Gasteiger partial charge in [-0.3, -0.25) is 0 Å². The van der Waals surface area contributed by atoms with Crippen molar-refractivity contribution in [3.05, 3.63) is 194 Å². The summed E-state index contributed by atoms with van der Waals surface area (Å²) >= 11 is 0. The Morgan fingerprint density at radius 2 is 0.800 bits per heavy atom. The molecule has 1 atom stereocenters. The van der Waals surface area contributed by atoms with Crippen molar-refractivity contribution in [3.63, 3.8) is 0 Å². The quantitative estimate of drug-likeness (QED) is 0.177. The molecule has 218 valence electrons. The van der Waals surface area contributed by atoms with Crippen LogP contribution in [0.15, 0.2) is 188 Å². The fraction of sp³-hybridized carbons (Fsp3) is 0.0698. The lowest BCUT2D eigenvalue weighted by Gasteiger charge is -2.42. The van der Waals surface area contributed by atoms with Gasteiger partial charge in [-0.2, -0.15) is 0 Å². The molecule has 6 aromatic carbocycles.